The summed E-state index contributed by atoms with van der Waals surface area (Å²) < 4.78 is 38.7. The first-order chi connectivity index (χ1) is 30.1. The average molecular weight is 919 g/mol. The Morgan fingerprint density at radius 1 is 0.355 bits per heavy atom. The fourth-order valence-electron chi connectivity index (χ4n) is 8.08. The number of hydrogen-bond acceptors (Lipinski definition) is 8. The molecule has 0 aromatic carbocycles. The molecule has 0 amide bonds. The molecule has 0 bridgehead atoms. The molecule has 2 unspecified atom stereocenters. The molecule has 0 aromatic heterocycles. The van der Waals surface area contributed by atoms with E-state index in [1.807, 2.05) is 0 Å². The van der Waals surface area contributed by atoms with Gasteiger partial charge < -0.3 is 37.2 Å². The Bertz CT molecular complexity index is 822. The van der Waals surface area contributed by atoms with Crippen LogP contribution in [-0.2, 0) is 27.2 Å². The lowest BCUT2D eigenvalue weighted by Crippen LogP contribution is -2.40. The Labute approximate surface area is 390 Å². The van der Waals surface area contributed by atoms with Gasteiger partial charge >= 0.3 is 17.1 Å². The molecule has 0 aliphatic carbocycles. The van der Waals surface area contributed by atoms with E-state index < -0.39 is 17.1 Å². The molecule has 0 radical (unpaired) electrons. The second-order valence-corrected chi connectivity index (χ2v) is 26.0. The van der Waals surface area contributed by atoms with E-state index in [4.69, 9.17) is 27.2 Å². The van der Waals surface area contributed by atoms with Crippen LogP contribution >= 0.6 is 0 Å². The SMILES string of the molecule is CCCCCCCCOC(CCCCCCC)O[Si](C)(C)OCCCCCCN(CCCCO)CCCCCCO[Si](C)(C)OC(CCCCCCC)OCCCCCCCC. The van der Waals surface area contributed by atoms with E-state index in [2.05, 4.69) is 58.8 Å². The van der Waals surface area contributed by atoms with Gasteiger partial charge in [-0.1, -0.05) is 169 Å². The summed E-state index contributed by atoms with van der Waals surface area (Å²) >= 11 is 0. The Morgan fingerprint density at radius 3 is 1.00 bits per heavy atom. The first kappa shape index (κ1) is 62.1. The lowest BCUT2D eigenvalue weighted by Gasteiger charge is -2.29. The third-order valence-electron chi connectivity index (χ3n) is 12.0. The van der Waals surface area contributed by atoms with E-state index in [9.17, 15) is 5.11 Å². The lowest BCUT2D eigenvalue weighted by atomic mass is 10.1. The van der Waals surface area contributed by atoms with Gasteiger partial charge in [0.15, 0.2) is 0 Å². The largest absolute Gasteiger partial charge is 0.396 e. The smallest absolute Gasteiger partial charge is 0.333 e. The normalized spacial score (nSPS) is 13.5. The predicted molar refractivity (Wildman–Crippen MR) is 272 cm³/mol. The van der Waals surface area contributed by atoms with Gasteiger partial charge in [-0.3, -0.25) is 0 Å². The molecule has 0 rings (SSSR count). The molecule has 0 aliphatic heterocycles. The van der Waals surface area contributed by atoms with E-state index >= 15 is 0 Å². The molecule has 0 aliphatic rings. The van der Waals surface area contributed by atoms with Crippen molar-refractivity contribution in [3.8, 4) is 0 Å². The Balaban J connectivity index is 4.52. The van der Waals surface area contributed by atoms with E-state index in [0.29, 0.717) is 0 Å². The molecule has 10 heteroatoms. The number of ether oxygens (including phenoxy) is 2. The summed E-state index contributed by atoms with van der Waals surface area (Å²) in [6, 6.07) is 0. The third-order valence-corrected chi connectivity index (χ3v) is 15.5. The van der Waals surface area contributed by atoms with Gasteiger partial charge in [-0.2, -0.15) is 0 Å². The molecule has 0 fully saturated rings. The van der Waals surface area contributed by atoms with Crippen LogP contribution in [0.3, 0.4) is 0 Å². The van der Waals surface area contributed by atoms with Gasteiger partial charge in [0.05, 0.1) is 0 Å². The van der Waals surface area contributed by atoms with E-state index in [-0.39, 0.29) is 19.2 Å². The van der Waals surface area contributed by atoms with Gasteiger partial charge in [-0.15, -0.1) is 0 Å². The van der Waals surface area contributed by atoms with Crippen molar-refractivity contribution < 1.29 is 32.3 Å². The van der Waals surface area contributed by atoms with Crippen molar-refractivity contribution in [1.29, 1.82) is 0 Å². The summed E-state index contributed by atoms with van der Waals surface area (Å²) in [4.78, 5) is 2.64. The maximum Gasteiger partial charge on any atom is 0.333 e. The molecule has 0 saturated heterocycles. The Morgan fingerprint density at radius 2 is 0.645 bits per heavy atom. The number of hydrogen-bond donors (Lipinski definition) is 1. The van der Waals surface area contributed by atoms with Crippen molar-refractivity contribution >= 4 is 17.1 Å². The quantitative estimate of drug-likeness (QED) is 0.0367. The third kappa shape index (κ3) is 44.0. The highest BCUT2D eigenvalue weighted by molar-refractivity contribution is 6.64. The fourth-order valence-corrected chi connectivity index (χ4v) is 11.1. The zero-order chi connectivity index (χ0) is 45.7. The van der Waals surface area contributed by atoms with Crippen LogP contribution in [0.15, 0.2) is 0 Å². The molecule has 1 N–H and O–H groups in total. The average Bonchev–Trinajstić information content (AvgIpc) is 3.24. The second kappa shape index (κ2) is 46.2. The van der Waals surface area contributed by atoms with Crippen LogP contribution < -0.4 is 0 Å². The van der Waals surface area contributed by atoms with Crippen molar-refractivity contribution in [3.63, 3.8) is 0 Å². The maximum atomic E-state index is 9.41. The highest BCUT2D eigenvalue weighted by atomic mass is 28.4. The summed E-state index contributed by atoms with van der Waals surface area (Å²) in [6.07, 6.45) is 41.1. The molecule has 0 aromatic rings. The monoisotopic (exact) mass is 918 g/mol. The molecule has 2 atom stereocenters. The minimum Gasteiger partial charge on any atom is -0.396 e. The number of unbranched alkanes of at least 4 members (excludes halogenated alkanes) is 25. The topological polar surface area (TPSA) is 78.9 Å². The standard InChI is InChI=1S/C52H111NO7Si2/c1-9-13-17-21-27-37-47-55-51(41-31-23-19-15-11-3)59-61(5,6)57-49-39-29-25-33-43-53(45-35-36-46-54)44-34-26-30-40-50-58-62(7,8)60-52(42-32-24-20-16-12-4)56-48-38-28-22-18-14-10-2/h51-52,54H,9-50H2,1-8H3. The van der Waals surface area contributed by atoms with Gasteiger partial charge in [0.2, 0.25) is 0 Å². The molecular weight excluding hydrogens is 807 g/mol. The van der Waals surface area contributed by atoms with Gasteiger partial charge in [0, 0.05) is 33.0 Å². The fraction of sp³-hybridized carbons (Fsp3) is 1.00. The number of aliphatic hydroxyl groups excluding tert-OH is 1. The molecule has 374 valence electrons. The highest BCUT2D eigenvalue weighted by Gasteiger charge is 2.30. The first-order valence-electron chi connectivity index (χ1n) is 27.3. The van der Waals surface area contributed by atoms with Crippen LogP contribution in [-0.4, -0.2) is 92.4 Å². The summed E-state index contributed by atoms with van der Waals surface area (Å²) in [7, 11) is -4.53. The van der Waals surface area contributed by atoms with Crippen molar-refractivity contribution in [3.05, 3.63) is 0 Å². The van der Waals surface area contributed by atoms with E-state index in [0.717, 1.165) is 97.4 Å². The van der Waals surface area contributed by atoms with Gasteiger partial charge in [0.1, 0.15) is 12.6 Å². The molecule has 8 nitrogen and oxygen atoms in total. The Hall–Kier alpha value is 0.114. The van der Waals surface area contributed by atoms with Crippen molar-refractivity contribution in [2.75, 3.05) is 52.7 Å². The maximum absolute atomic E-state index is 9.41. The Kier molecular flexibility index (Phi) is 46.3. The number of nitrogens with zero attached hydrogens (tertiary/aromatic N) is 1. The highest BCUT2D eigenvalue weighted by Crippen LogP contribution is 2.21. The summed E-state index contributed by atoms with van der Waals surface area (Å²) in [5, 5.41) is 9.41. The van der Waals surface area contributed by atoms with Crippen LogP contribution in [0.5, 0.6) is 0 Å². The van der Waals surface area contributed by atoms with E-state index in [1.165, 1.54) is 167 Å². The molecule has 62 heavy (non-hydrogen) atoms. The number of rotatable bonds is 52. The summed E-state index contributed by atoms with van der Waals surface area (Å²) in [5.41, 5.74) is 0. The van der Waals surface area contributed by atoms with E-state index in [1.54, 1.807) is 0 Å². The molecule has 0 spiro atoms. The van der Waals surface area contributed by atoms with Crippen LogP contribution in [0.1, 0.15) is 246 Å². The summed E-state index contributed by atoms with van der Waals surface area (Å²) in [5.74, 6) is 0. The van der Waals surface area contributed by atoms with Crippen LogP contribution in [0.25, 0.3) is 0 Å². The number of aliphatic hydroxyl groups is 1. The lowest BCUT2D eigenvalue weighted by molar-refractivity contribution is -0.105. The van der Waals surface area contributed by atoms with Gasteiger partial charge in [0.25, 0.3) is 0 Å². The van der Waals surface area contributed by atoms with Gasteiger partial charge in [-0.05, 0) is 123 Å². The zero-order valence-corrected chi connectivity index (χ0v) is 45.2. The van der Waals surface area contributed by atoms with Crippen LogP contribution in [0, 0.1) is 0 Å². The zero-order valence-electron chi connectivity index (χ0n) is 43.2. The minimum atomic E-state index is -2.27. The van der Waals surface area contributed by atoms with Crippen molar-refractivity contribution in [2.45, 2.75) is 285 Å². The van der Waals surface area contributed by atoms with Crippen molar-refractivity contribution in [2.24, 2.45) is 0 Å². The first-order valence-corrected chi connectivity index (χ1v) is 33.0. The summed E-state index contributed by atoms with van der Waals surface area (Å²) in [6.45, 7) is 24.7. The predicted octanol–water partition coefficient (Wildman–Crippen LogP) is 15.8. The van der Waals surface area contributed by atoms with Gasteiger partial charge in [-0.25, -0.2) is 0 Å². The van der Waals surface area contributed by atoms with Crippen molar-refractivity contribution in [1.82, 2.24) is 4.90 Å². The molecule has 0 heterocycles. The second-order valence-electron chi connectivity index (χ2n) is 19.4. The van der Waals surface area contributed by atoms with Crippen LogP contribution in [0.2, 0.25) is 26.2 Å². The molecule has 0 saturated carbocycles. The minimum absolute atomic E-state index is 0.125. The molecular formula is C52H111NO7Si2. The van der Waals surface area contributed by atoms with Crippen LogP contribution in [0.4, 0.5) is 0 Å².